The monoisotopic (exact) mass is 289 g/mol. The van der Waals surface area contributed by atoms with Crippen LogP contribution in [0.15, 0.2) is 12.7 Å². The molecular weight excluding hydrogens is 266 g/mol. The van der Waals surface area contributed by atoms with Gasteiger partial charge in [0.2, 0.25) is 0 Å². The summed E-state index contributed by atoms with van der Waals surface area (Å²) in [5, 5.41) is 3.48. The first-order chi connectivity index (χ1) is 10.1. The Balaban J connectivity index is 1.89. The van der Waals surface area contributed by atoms with Crippen LogP contribution >= 0.6 is 0 Å². The fourth-order valence-corrected chi connectivity index (χ4v) is 2.92. The van der Waals surface area contributed by atoms with Crippen molar-refractivity contribution in [2.24, 2.45) is 5.92 Å². The standard InChI is InChI=1S/C15H23N5O/c1-5-20-9-18-12-13(16-8-17-14(12)20)19-10(2)15(3,21-4)11-6-7-11/h8-11H,5-7H2,1-4H3,(H,16,17,19)/t10-,15-/m0/s1. The lowest BCUT2D eigenvalue weighted by Crippen LogP contribution is -2.46. The van der Waals surface area contributed by atoms with Gasteiger partial charge in [0.15, 0.2) is 11.5 Å². The molecule has 2 aromatic rings. The van der Waals surface area contributed by atoms with Crippen molar-refractivity contribution in [3.63, 3.8) is 0 Å². The second-order valence-corrected chi connectivity index (χ2v) is 5.95. The Bertz CT molecular complexity index is 636. The maximum atomic E-state index is 5.80. The van der Waals surface area contributed by atoms with Gasteiger partial charge in [-0.1, -0.05) is 0 Å². The molecule has 21 heavy (non-hydrogen) atoms. The number of imidazole rings is 1. The van der Waals surface area contributed by atoms with Crippen molar-refractivity contribution in [3.05, 3.63) is 12.7 Å². The number of methoxy groups -OCH3 is 1. The van der Waals surface area contributed by atoms with Crippen LogP contribution in [0.3, 0.4) is 0 Å². The summed E-state index contributed by atoms with van der Waals surface area (Å²) in [5.74, 6) is 1.40. The molecule has 2 atom stereocenters. The topological polar surface area (TPSA) is 64.9 Å². The van der Waals surface area contributed by atoms with E-state index in [-0.39, 0.29) is 11.6 Å². The zero-order chi connectivity index (χ0) is 15.0. The molecule has 0 amide bonds. The number of fused-ring (bicyclic) bond motifs is 1. The molecule has 114 valence electrons. The van der Waals surface area contributed by atoms with Crippen LogP contribution in [0, 0.1) is 5.92 Å². The molecule has 1 aliphatic carbocycles. The molecule has 0 unspecified atom stereocenters. The van der Waals surface area contributed by atoms with E-state index in [1.54, 1.807) is 13.4 Å². The summed E-state index contributed by atoms with van der Waals surface area (Å²) in [7, 11) is 1.79. The summed E-state index contributed by atoms with van der Waals surface area (Å²) in [5.41, 5.74) is 1.51. The summed E-state index contributed by atoms with van der Waals surface area (Å²) in [6, 6.07) is 0.153. The SMILES string of the molecule is CCn1cnc2c(N[C@@H](C)[C@](C)(OC)C3CC3)ncnc21. The molecule has 1 fully saturated rings. The lowest BCUT2D eigenvalue weighted by molar-refractivity contribution is -0.0246. The van der Waals surface area contributed by atoms with Crippen LogP contribution in [0.1, 0.15) is 33.6 Å². The van der Waals surface area contributed by atoms with Crippen molar-refractivity contribution in [1.82, 2.24) is 19.5 Å². The molecule has 1 aliphatic rings. The number of aryl methyl sites for hydroxylation is 1. The van der Waals surface area contributed by atoms with Crippen LogP contribution in [0.25, 0.3) is 11.2 Å². The summed E-state index contributed by atoms with van der Waals surface area (Å²) in [6.45, 7) is 7.24. The lowest BCUT2D eigenvalue weighted by Gasteiger charge is -2.35. The molecule has 0 aliphatic heterocycles. The van der Waals surface area contributed by atoms with Gasteiger partial charge >= 0.3 is 0 Å². The summed E-state index contributed by atoms with van der Waals surface area (Å²) in [4.78, 5) is 13.1. The fraction of sp³-hybridized carbons (Fsp3) is 0.667. The van der Waals surface area contributed by atoms with Crippen LogP contribution < -0.4 is 5.32 Å². The van der Waals surface area contributed by atoms with Crippen LogP contribution in [-0.4, -0.2) is 38.3 Å². The summed E-state index contributed by atoms with van der Waals surface area (Å²) in [6.07, 6.45) is 5.87. The molecule has 3 rings (SSSR count). The molecule has 0 aromatic carbocycles. The maximum Gasteiger partial charge on any atom is 0.165 e. The predicted molar refractivity (Wildman–Crippen MR) is 82.2 cm³/mol. The van der Waals surface area contributed by atoms with Crippen LogP contribution in [0.2, 0.25) is 0 Å². The van der Waals surface area contributed by atoms with Crippen molar-refractivity contribution in [2.45, 2.75) is 51.8 Å². The second-order valence-electron chi connectivity index (χ2n) is 5.95. The number of hydrogen-bond acceptors (Lipinski definition) is 5. The van der Waals surface area contributed by atoms with Gasteiger partial charge in [0, 0.05) is 13.7 Å². The highest BCUT2D eigenvalue weighted by Gasteiger charge is 2.46. The maximum absolute atomic E-state index is 5.80. The molecule has 1 N–H and O–H groups in total. The lowest BCUT2D eigenvalue weighted by atomic mass is 9.91. The van der Waals surface area contributed by atoms with E-state index in [4.69, 9.17) is 4.74 Å². The molecule has 0 radical (unpaired) electrons. The number of aromatic nitrogens is 4. The average Bonchev–Trinajstić information content (AvgIpc) is 3.27. The van der Waals surface area contributed by atoms with Gasteiger partial charge in [-0.25, -0.2) is 15.0 Å². The third kappa shape index (κ3) is 2.37. The third-order valence-corrected chi connectivity index (χ3v) is 4.78. The molecule has 6 nitrogen and oxygen atoms in total. The zero-order valence-electron chi connectivity index (χ0n) is 13.1. The van der Waals surface area contributed by atoms with Gasteiger partial charge < -0.3 is 14.6 Å². The van der Waals surface area contributed by atoms with Crippen LogP contribution in [0.5, 0.6) is 0 Å². The number of nitrogens with one attached hydrogen (secondary N) is 1. The van der Waals surface area contributed by atoms with Gasteiger partial charge in [-0.15, -0.1) is 0 Å². The number of hydrogen-bond donors (Lipinski definition) is 1. The van der Waals surface area contributed by atoms with Gasteiger partial charge in [-0.05, 0) is 39.5 Å². The molecule has 1 saturated carbocycles. The Morgan fingerprint density at radius 2 is 2.19 bits per heavy atom. The highest BCUT2D eigenvalue weighted by Crippen LogP contribution is 2.44. The van der Waals surface area contributed by atoms with E-state index < -0.39 is 0 Å². The van der Waals surface area contributed by atoms with Crippen molar-refractivity contribution in [2.75, 3.05) is 12.4 Å². The Morgan fingerprint density at radius 3 is 2.81 bits per heavy atom. The van der Waals surface area contributed by atoms with Crippen molar-refractivity contribution in [1.29, 1.82) is 0 Å². The van der Waals surface area contributed by atoms with E-state index in [1.807, 2.05) is 10.9 Å². The summed E-state index contributed by atoms with van der Waals surface area (Å²) < 4.78 is 7.82. The quantitative estimate of drug-likeness (QED) is 0.885. The van der Waals surface area contributed by atoms with Crippen molar-refractivity contribution >= 4 is 17.0 Å². The number of rotatable bonds is 6. The first-order valence-corrected chi connectivity index (χ1v) is 7.57. The normalized spacial score (nSPS) is 19.4. The van der Waals surface area contributed by atoms with E-state index >= 15 is 0 Å². The van der Waals surface area contributed by atoms with E-state index in [2.05, 4.69) is 41.0 Å². The van der Waals surface area contributed by atoms with Crippen LogP contribution in [-0.2, 0) is 11.3 Å². The molecule has 0 saturated heterocycles. The van der Waals surface area contributed by atoms with E-state index in [0.29, 0.717) is 5.92 Å². The highest BCUT2D eigenvalue weighted by atomic mass is 16.5. The van der Waals surface area contributed by atoms with Crippen molar-refractivity contribution < 1.29 is 4.74 Å². The van der Waals surface area contributed by atoms with Gasteiger partial charge in [0.1, 0.15) is 11.8 Å². The molecule has 6 heteroatoms. The average molecular weight is 289 g/mol. The third-order valence-electron chi connectivity index (χ3n) is 4.78. The largest absolute Gasteiger partial charge is 0.376 e. The Kier molecular flexibility index (Phi) is 3.57. The summed E-state index contributed by atoms with van der Waals surface area (Å²) >= 11 is 0. The van der Waals surface area contributed by atoms with E-state index in [0.717, 1.165) is 23.5 Å². The Morgan fingerprint density at radius 1 is 1.43 bits per heavy atom. The first-order valence-electron chi connectivity index (χ1n) is 7.57. The van der Waals surface area contributed by atoms with Gasteiger partial charge in [-0.2, -0.15) is 0 Å². The number of anilines is 1. The minimum atomic E-state index is -0.176. The van der Waals surface area contributed by atoms with E-state index in [1.165, 1.54) is 12.8 Å². The fourth-order valence-electron chi connectivity index (χ4n) is 2.92. The molecular formula is C15H23N5O. The minimum Gasteiger partial charge on any atom is -0.376 e. The Labute approximate surface area is 124 Å². The second kappa shape index (κ2) is 5.26. The highest BCUT2D eigenvalue weighted by molar-refractivity contribution is 5.82. The number of nitrogens with zero attached hydrogens (tertiary/aromatic N) is 4. The van der Waals surface area contributed by atoms with Gasteiger partial charge in [0.25, 0.3) is 0 Å². The molecule has 2 heterocycles. The zero-order valence-corrected chi connectivity index (χ0v) is 13.1. The molecule has 2 aromatic heterocycles. The smallest absolute Gasteiger partial charge is 0.165 e. The predicted octanol–water partition coefficient (Wildman–Crippen LogP) is 2.46. The van der Waals surface area contributed by atoms with Crippen molar-refractivity contribution in [3.8, 4) is 0 Å². The molecule has 0 bridgehead atoms. The van der Waals surface area contributed by atoms with E-state index in [9.17, 15) is 0 Å². The number of ether oxygens (including phenoxy) is 1. The van der Waals surface area contributed by atoms with Crippen LogP contribution in [0.4, 0.5) is 5.82 Å². The Hall–Kier alpha value is -1.69. The molecule has 0 spiro atoms. The van der Waals surface area contributed by atoms with Gasteiger partial charge in [-0.3, -0.25) is 0 Å². The minimum absolute atomic E-state index is 0.153. The van der Waals surface area contributed by atoms with Gasteiger partial charge in [0.05, 0.1) is 18.0 Å². The first kappa shape index (κ1) is 14.3.